The second kappa shape index (κ2) is 14.7. The molecule has 0 aliphatic heterocycles. The SMILES string of the molecule is CNC(=O)c1c(-c2ccc(F)cc2)oc2cc([N+](=O)[O-])c(-c3cccc(C(=O)N(Cc4ccc(OC)cc4OC)C(CO)(CO)CO)c3)cc12. The van der Waals surface area contributed by atoms with Crippen LogP contribution in [0.25, 0.3) is 33.4 Å². The van der Waals surface area contributed by atoms with E-state index in [0.717, 1.165) is 4.90 Å². The summed E-state index contributed by atoms with van der Waals surface area (Å²) in [5.74, 6) is -0.880. The molecule has 0 radical (unpaired) electrons. The number of benzene rings is 4. The Balaban J connectivity index is 1.66. The standard InChI is InChI=1S/C36H34FN3O10/c1-38-34(44)32-28-15-27(29(40(46)47)16-31(28)50-33(32)21-7-10-25(37)11-8-21)22-5-4-6-23(13-22)35(45)39(36(18-41,19-42)20-43)17-24-9-12-26(48-2)14-30(24)49-3/h4-16,41-43H,17-20H2,1-3H3,(H,38,44). The van der Waals surface area contributed by atoms with Gasteiger partial charge in [-0.2, -0.15) is 0 Å². The van der Waals surface area contributed by atoms with Gasteiger partial charge in [0, 0.05) is 35.2 Å². The van der Waals surface area contributed by atoms with Crippen LogP contribution in [-0.4, -0.2) is 83.6 Å². The van der Waals surface area contributed by atoms with E-state index in [9.17, 15) is 39.4 Å². The molecule has 0 aliphatic carbocycles. The molecule has 0 bridgehead atoms. The van der Waals surface area contributed by atoms with Crippen molar-refractivity contribution < 1.29 is 48.1 Å². The number of nitrogens with zero attached hydrogens (tertiary/aromatic N) is 2. The molecule has 0 saturated heterocycles. The minimum Gasteiger partial charge on any atom is -0.497 e. The third kappa shape index (κ3) is 6.59. The van der Waals surface area contributed by atoms with E-state index in [1.807, 2.05) is 0 Å². The van der Waals surface area contributed by atoms with Crippen molar-refractivity contribution in [3.05, 3.63) is 111 Å². The number of fused-ring (bicyclic) bond motifs is 1. The maximum atomic E-state index is 14.3. The Morgan fingerprint density at radius 1 is 0.940 bits per heavy atom. The van der Waals surface area contributed by atoms with Gasteiger partial charge >= 0.3 is 0 Å². The Hall–Kier alpha value is -5.83. The van der Waals surface area contributed by atoms with Gasteiger partial charge in [-0.3, -0.25) is 19.7 Å². The number of aliphatic hydroxyl groups excluding tert-OH is 3. The summed E-state index contributed by atoms with van der Waals surface area (Å²) in [6, 6.07) is 18.6. The van der Waals surface area contributed by atoms with Gasteiger partial charge in [0.25, 0.3) is 17.5 Å². The van der Waals surface area contributed by atoms with Crippen LogP contribution in [0.4, 0.5) is 10.1 Å². The summed E-state index contributed by atoms with van der Waals surface area (Å²) >= 11 is 0. The van der Waals surface area contributed by atoms with Crippen LogP contribution in [-0.2, 0) is 6.54 Å². The lowest BCUT2D eigenvalue weighted by molar-refractivity contribution is -0.384. The van der Waals surface area contributed by atoms with Gasteiger partial charge < -0.3 is 39.4 Å². The van der Waals surface area contributed by atoms with Crippen molar-refractivity contribution in [3.63, 3.8) is 0 Å². The number of halogens is 1. The fourth-order valence-corrected chi connectivity index (χ4v) is 5.66. The number of nitro benzene ring substituents is 1. The zero-order valence-corrected chi connectivity index (χ0v) is 27.3. The van der Waals surface area contributed by atoms with Crippen molar-refractivity contribution in [3.8, 4) is 33.9 Å². The predicted molar refractivity (Wildman–Crippen MR) is 180 cm³/mol. The first-order valence-corrected chi connectivity index (χ1v) is 15.2. The van der Waals surface area contributed by atoms with Gasteiger partial charge in [0.05, 0.1) is 62.7 Å². The lowest BCUT2D eigenvalue weighted by atomic mass is 9.95. The van der Waals surface area contributed by atoms with Gasteiger partial charge in [0.15, 0.2) is 0 Å². The molecule has 5 rings (SSSR count). The minimum atomic E-state index is -1.82. The highest BCUT2D eigenvalue weighted by molar-refractivity contribution is 6.12. The molecule has 4 aromatic carbocycles. The quantitative estimate of drug-likeness (QED) is 0.101. The van der Waals surface area contributed by atoms with Crippen LogP contribution in [0.3, 0.4) is 0 Å². The van der Waals surface area contributed by atoms with Crippen LogP contribution in [0.2, 0.25) is 0 Å². The van der Waals surface area contributed by atoms with Crippen LogP contribution in [0.1, 0.15) is 26.3 Å². The van der Waals surface area contributed by atoms with E-state index in [1.54, 1.807) is 24.3 Å². The molecule has 2 amide bonds. The molecule has 13 nitrogen and oxygen atoms in total. The fourth-order valence-electron chi connectivity index (χ4n) is 5.66. The number of ether oxygens (including phenoxy) is 2. The predicted octanol–water partition coefficient (Wildman–Crippen LogP) is 4.55. The number of rotatable bonds is 13. The molecular formula is C36H34FN3O10. The first kappa shape index (κ1) is 35.5. The average Bonchev–Trinajstić information content (AvgIpc) is 3.53. The highest BCUT2D eigenvalue weighted by Crippen LogP contribution is 2.41. The third-order valence-corrected chi connectivity index (χ3v) is 8.51. The number of furan rings is 1. The van der Waals surface area contributed by atoms with Crippen molar-refractivity contribution >= 4 is 28.5 Å². The van der Waals surface area contributed by atoms with E-state index in [4.69, 9.17) is 13.9 Å². The van der Waals surface area contributed by atoms with Crippen molar-refractivity contribution in [1.82, 2.24) is 10.2 Å². The summed E-state index contributed by atoms with van der Waals surface area (Å²) < 4.78 is 30.4. The Labute approximate surface area is 285 Å². The third-order valence-electron chi connectivity index (χ3n) is 8.51. The molecule has 1 aromatic heterocycles. The van der Waals surface area contributed by atoms with Gasteiger partial charge in [-0.15, -0.1) is 0 Å². The second-order valence-corrected chi connectivity index (χ2v) is 11.4. The molecule has 14 heteroatoms. The zero-order chi connectivity index (χ0) is 36.2. The molecule has 0 atom stereocenters. The van der Waals surface area contributed by atoms with E-state index in [0.29, 0.717) is 22.6 Å². The smallest absolute Gasteiger partial charge is 0.280 e. The highest BCUT2D eigenvalue weighted by Gasteiger charge is 2.40. The molecule has 5 aromatic rings. The van der Waals surface area contributed by atoms with Crippen LogP contribution >= 0.6 is 0 Å². The Morgan fingerprint density at radius 2 is 1.64 bits per heavy atom. The zero-order valence-electron chi connectivity index (χ0n) is 27.3. The summed E-state index contributed by atoms with van der Waals surface area (Å²) in [5.41, 5.74) is -0.992. The Bertz CT molecular complexity index is 2050. The number of nitrogens with one attached hydrogen (secondary N) is 1. The molecule has 1 heterocycles. The normalized spacial score (nSPS) is 11.3. The number of aliphatic hydroxyl groups is 3. The van der Waals surface area contributed by atoms with E-state index in [-0.39, 0.29) is 51.2 Å². The van der Waals surface area contributed by atoms with Crippen molar-refractivity contribution in [2.75, 3.05) is 41.1 Å². The van der Waals surface area contributed by atoms with E-state index in [1.165, 1.54) is 75.9 Å². The van der Waals surface area contributed by atoms with Crippen LogP contribution < -0.4 is 14.8 Å². The number of carbonyl (C=O) groups excluding carboxylic acids is 2. The molecule has 0 saturated carbocycles. The minimum absolute atomic E-state index is 0.00909. The Morgan fingerprint density at radius 3 is 2.24 bits per heavy atom. The van der Waals surface area contributed by atoms with E-state index >= 15 is 0 Å². The lowest BCUT2D eigenvalue weighted by Crippen LogP contribution is -2.59. The summed E-state index contributed by atoms with van der Waals surface area (Å²) in [6.07, 6.45) is 0. The van der Waals surface area contributed by atoms with E-state index < -0.39 is 47.9 Å². The van der Waals surface area contributed by atoms with Crippen molar-refractivity contribution in [2.24, 2.45) is 0 Å². The molecule has 4 N–H and O–H groups in total. The molecule has 50 heavy (non-hydrogen) atoms. The highest BCUT2D eigenvalue weighted by atomic mass is 19.1. The topological polar surface area (TPSA) is 185 Å². The summed E-state index contributed by atoms with van der Waals surface area (Å²) in [7, 11) is 4.31. The summed E-state index contributed by atoms with van der Waals surface area (Å²) in [5, 5.41) is 46.2. The van der Waals surface area contributed by atoms with Crippen LogP contribution in [0, 0.1) is 15.9 Å². The average molecular weight is 688 g/mol. The fraction of sp³-hybridized carbons (Fsp3) is 0.222. The number of carbonyl (C=O) groups is 2. The van der Waals surface area contributed by atoms with Gasteiger partial charge in [-0.1, -0.05) is 12.1 Å². The molecule has 0 unspecified atom stereocenters. The maximum absolute atomic E-state index is 14.3. The van der Waals surface area contributed by atoms with Gasteiger partial charge in [-0.25, -0.2) is 4.39 Å². The number of amides is 2. The first-order chi connectivity index (χ1) is 24.0. The second-order valence-electron chi connectivity index (χ2n) is 11.4. The maximum Gasteiger partial charge on any atom is 0.280 e. The van der Waals surface area contributed by atoms with Crippen molar-refractivity contribution in [2.45, 2.75) is 12.1 Å². The number of methoxy groups -OCH3 is 2. The largest absolute Gasteiger partial charge is 0.497 e. The molecule has 0 aliphatic rings. The monoisotopic (exact) mass is 687 g/mol. The summed E-state index contributed by atoms with van der Waals surface area (Å²) in [4.78, 5) is 40.3. The first-order valence-electron chi connectivity index (χ1n) is 15.2. The van der Waals surface area contributed by atoms with Gasteiger partial charge in [0.2, 0.25) is 0 Å². The van der Waals surface area contributed by atoms with Crippen LogP contribution in [0.5, 0.6) is 11.5 Å². The van der Waals surface area contributed by atoms with Crippen LogP contribution in [0.15, 0.2) is 83.3 Å². The molecule has 260 valence electrons. The molecule has 0 fully saturated rings. The number of hydrogen-bond acceptors (Lipinski definition) is 10. The molecule has 0 spiro atoms. The Kier molecular flexibility index (Phi) is 10.5. The summed E-state index contributed by atoms with van der Waals surface area (Å²) in [6.45, 7) is -2.62. The van der Waals surface area contributed by atoms with E-state index in [2.05, 4.69) is 5.32 Å². The lowest BCUT2D eigenvalue weighted by Gasteiger charge is -2.40. The van der Waals surface area contributed by atoms with Gasteiger partial charge in [0.1, 0.15) is 34.2 Å². The number of nitro groups is 1. The van der Waals surface area contributed by atoms with Gasteiger partial charge in [-0.05, 0) is 60.2 Å². The molecular weight excluding hydrogens is 653 g/mol. The number of hydrogen-bond donors (Lipinski definition) is 4. The van der Waals surface area contributed by atoms with Crippen molar-refractivity contribution in [1.29, 1.82) is 0 Å².